The Kier molecular flexibility index (Phi) is 2.54. The van der Waals surface area contributed by atoms with Gasteiger partial charge in [-0.1, -0.05) is 23.2 Å². The summed E-state index contributed by atoms with van der Waals surface area (Å²) in [5, 5.41) is 0.872. The Hall–Kier alpha value is -1.26. The molecule has 1 aromatic heterocycles. The maximum atomic E-state index is 11.2. The first-order chi connectivity index (χ1) is 7.11. The zero-order valence-corrected chi connectivity index (χ0v) is 9.19. The molecule has 0 aliphatic heterocycles. The summed E-state index contributed by atoms with van der Waals surface area (Å²) in [4.78, 5) is 18.0. The molecule has 0 radical (unpaired) electrons. The molecule has 0 atom stereocenters. The van der Waals surface area contributed by atoms with Crippen molar-refractivity contribution in [2.24, 2.45) is 0 Å². The Labute approximate surface area is 95.2 Å². The molecule has 0 saturated carbocycles. The number of H-pyrrole nitrogens is 1. The van der Waals surface area contributed by atoms with Crippen LogP contribution in [0.15, 0.2) is 12.1 Å². The predicted molar refractivity (Wildman–Crippen MR) is 57.5 cm³/mol. The van der Waals surface area contributed by atoms with Crippen LogP contribution in [0, 0.1) is 0 Å². The fourth-order valence-corrected chi connectivity index (χ4v) is 1.77. The van der Waals surface area contributed by atoms with Crippen molar-refractivity contribution >= 4 is 40.2 Å². The third-order valence-electron chi connectivity index (χ3n) is 1.88. The van der Waals surface area contributed by atoms with Gasteiger partial charge in [-0.3, -0.25) is 0 Å². The largest absolute Gasteiger partial charge is 0.463 e. The molecule has 0 aliphatic rings. The molecule has 1 heterocycles. The zero-order valence-electron chi connectivity index (χ0n) is 7.67. The van der Waals surface area contributed by atoms with E-state index in [-0.39, 0.29) is 5.82 Å². The van der Waals surface area contributed by atoms with Crippen LogP contribution in [0.1, 0.15) is 10.6 Å². The second-order valence-corrected chi connectivity index (χ2v) is 3.70. The highest BCUT2D eigenvalue weighted by molar-refractivity contribution is 6.38. The molecular formula is C9H6Cl2N2O2. The molecule has 0 unspecified atom stereocenters. The lowest BCUT2D eigenvalue weighted by molar-refractivity contribution is 0.0588. The minimum atomic E-state index is -0.543. The van der Waals surface area contributed by atoms with Gasteiger partial charge >= 0.3 is 5.97 Å². The molecule has 78 valence electrons. The lowest BCUT2D eigenvalue weighted by Crippen LogP contribution is -2.02. The number of ether oxygens (including phenoxy) is 1. The molecule has 0 aliphatic carbocycles. The van der Waals surface area contributed by atoms with E-state index in [9.17, 15) is 4.79 Å². The van der Waals surface area contributed by atoms with Gasteiger partial charge in [0.15, 0.2) is 0 Å². The molecule has 1 aromatic carbocycles. The third-order valence-corrected chi connectivity index (χ3v) is 2.39. The second-order valence-electron chi connectivity index (χ2n) is 2.86. The summed E-state index contributed by atoms with van der Waals surface area (Å²) in [5.74, 6) is -0.435. The third kappa shape index (κ3) is 1.78. The molecule has 0 saturated heterocycles. The van der Waals surface area contributed by atoms with Crippen molar-refractivity contribution in [2.75, 3.05) is 7.11 Å². The fraction of sp³-hybridized carbons (Fsp3) is 0.111. The number of hydrogen-bond acceptors (Lipinski definition) is 3. The van der Waals surface area contributed by atoms with E-state index in [1.54, 1.807) is 12.1 Å². The molecule has 4 nitrogen and oxygen atoms in total. The predicted octanol–water partition coefficient (Wildman–Crippen LogP) is 2.66. The number of hydrogen-bond donors (Lipinski definition) is 1. The van der Waals surface area contributed by atoms with Gasteiger partial charge < -0.3 is 9.72 Å². The van der Waals surface area contributed by atoms with Crippen molar-refractivity contribution in [1.82, 2.24) is 9.97 Å². The standard InChI is InChI=1S/C9H6Cl2N2O2/c1-15-9(14)8-12-6-3-4(10)2-5(11)7(6)13-8/h2-3H,1H3,(H,12,13). The molecule has 15 heavy (non-hydrogen) atoms. The van der Waals surface area contributed by atoms with E-state index in [1.165, 1.54) is 7.11 Å². The number of methoxy groups -OCH3 is 1. The van der Waals surface area contributed by atoms with Crippen molar-refractivity contribution in [3.05, 3.63) is 28.0 Å². The monoisotopic (exact) mass is 244 g/mol. The molecular weight excluding hydrogens is 239 g/mol. The quantitative estimate of drug-likeness (QED) is 0.785. The average Bonchev–Trinajstić information content (AvgIpc) is 2.60. The van der Waals surface area contributed by atoms with E-state index in [1.807, 2.05) is 0 Å². The number of imidazole rings is 1. The van der Waals surface area contributed by atoms with Crippen molar-refractivity contribution in [2.45, 2.75) is 0 Å². The first-order valence-electron chi connectivity index (χ1n) is 4.05. The van der Waals surface area contributed by atoms with Crippen molar-refractivity contribution < 1.29 is 9.53 Å². The van der Waals surface area contributed by atoms with Crippen LogP contribution < -0.4 is 0 Å². The van der Waals surface area contributed by atoms with E-state index < -0.39 is 5.97 Å². The maximum absolute atomic E-state index is 11.2. The number of esters is 1. The molecule has 1 N–H and O–H groups in total. The van der Waals surface area contributed by atoms with Gasteiger partial charge in [0.1, 0.15) is 5.52 Å². The average molecular weight is 245 g/mol. The van der Waals surface area contributed by atoms with Gasteiger partial charge in [0, 0.05) is 5.02 Å². The number of nitrogens with one attached hydrogen (secondary N) is 1. The Bertz CT molecular complexity index is 536. The maximum Gasteiger partial charge on any atom is 0.374 e. The Balaban J connectivity index is 2.65. The lowest BCUT2D eigenvalue weighted by Gasteiger charge is -1.92. The van der Waals surface area contributed by atoms with Crippen molar-refractivity contribution in [1.29, 1.82) is 0 Å². The van der Waals surface area contributed by atoms with Crippen molar-refractivity contribution in [3.63, 3.8) is 0 Å². The van der Waals surface area contributed by atoms with Gasteiger partial charge in [0.05, 0.1) is 17.6 Å². The zero-order chi connectivity index (χ0) is 11.0. The summed E-state index contributed by atoms with van der Waals surface area (Å²) in [6.07, 6.45) is 0. The molecule has 2 aromatic rings. The van der Waals surface area contributed by atoms with Gasteiger partial charge in [-0.2, -0.15) is 0 Å². The highest BCUT2D eigenvalue weighted by Crippen LogP contribution is 2.26. The molecule has 6 heteroatoms. The van der Waals surface area contributed by atoms with Crippen LogP contribution in [-0.2, 0) is 4.74 Å². The summed E-state index contributed by atoms with van der Waals surface area (Å²) >= 11 is 11.7. The number of nitrogens with zero attached hydrogens (tertiary/aromatic N) is 1. The first-order valence-corrected chi connectivity index (χ1v) is 4.80. The van der Waals surface area contributed by atoms with Crippen LogP contribution in [0.25, 0.3) is 11.0 Å². The second kappa shape index (κ2) is 3.72. The van der Waals surface area contributed by atoms with E-state index in [0.717, 1.165) is 0 Å². The summed E-state index contributed by atoms with van der Waals surface area (Å²) < 4.78 is 4.53. The van der Waals surface area contributed by atoms with Gasteiger partial charge in [0.2, 0.25) is 5.82 Å². The van der Waals surface area contributed by atoms with Crippen LogP contribution in [0.3, 0.4) is 0 Å². The highest BCUT2D eigenvalue weighted by atomic mass is 35.5. The van der Waals surface area contributed by atoms with E-state index in [4.69, 9.17) is 23.2 Å². The van der Waals surface area contributed by atoms with E-state index >= 15 is 0 Å². The molecule has 0 amide bonds. The Morgan fingerprint density at radius 1 is 1.47 bits per heavy atom. The van der Waals surface area contributed by atoms with Gasteiger partial charge in [-0.25, -0.2) is 9.78 Å². The first kappa shape index (κ1) is 10.3. The number of halogens is 2. The smallest absolute Gasteiger partial charge is 0.374 e. The van der Waals surface area contributed by atoms with E-state index in [2.05, 4.69) is 14.7 Å². The fourth-order valence-electron chi connectivity index (χ4n) is 1.24. The number of carbonyl (C=O) groups is 1. The molecule has 0 bridgehead atoms. The van der Waals surface area contributed by atoms with Gasteiger partial charge in [-0.15, -0.1) is 0 Å². The molecule has 0 spiro atoms. The van der Waals surface area contributed by atoms with Crippen LogP contribution in [0.4, 0.5) is 0 Å². The lowest BCUT2D eigenvalue weighted by atomic mass is 10.3. The number of carbonyl (C=O) groups excluding carboxylic acids is 1. The van der Waals surface area contributed by atoms with Gasteiger partial charge in [-0.05, 0) is 12.1 Å². The summed E-state index contributed by atoms with van der Waals surface area (Å²) in [6.45, 7) is 0. The van der Waals surface area contributed by atoms with Crippen molar-refractivity contribution in [3.8, 4) is 0 Å². The molecule has 2 rings (SSSR count). The van der Waals surface area contributed by atoms with Gasteiger partial charge in [0.25, 0.3) is 0 Å². The SMILES string of the molecule is COC(=O)c1nc2c(Cl)cc(Cl)cc2[nH]1. The molecule has 0 fully saturated rings. The summed E-state index contributed by atoms with van der Waals surface area (Å²) in [6, 6.07) is 3.20. The Morgan fingerprint density at radius 3 is 2.87 bits per heavy atom. The number of aromatic amines is 1. The van der Waals surface area contributed by atoms with Crippen LogP contribution in [0.5, 0.6) is 0 Å². The number of benzene rings is 1. The minimum Gasteiger partial charge on any atom is -0.463 e. The van der Waals surface area contributed by atoms with Crippen LogP contribution in [-0.4, -0.2) is 23.0 Å². The number of rotatable bonds is 1. The summed E-state index contributed by atoms with van der Waals surface area (Å²) in [7, 11) is 1.28. The van der Waals surface area contributed by atoms with E-state index in [0.29, 0.717) is 21.1 Å². The van der Waals surface area contributed by atoms with Crippen LogP contribution in [0.2, 0.25) is 10.0 Å². The highest BCUT2D eigenvalue weighted by Gasteiger charge is 2.13. The minimum absolute atomic E-state index is 0.108. The summed E-state index contributed by atoms with van der Waals surface area (Å²) in [5.41, 5.74) is 1.11. The number of aromatic nitrogens is 2. The van der Waals surface area contributed by atoms with Crippen LogP contribution >= 0.6 is 23.2 Å². The normalized spacial score (nSPS) is 10.6. The topological polar surface area (TPSA) is 55.0 Å². The Morgan fingerprint density at radius 2 is 2.20 bits per heavy atom. The number of fused-ring (bicyclic) bond motifs is 1.